The summed E-state index contributed by atoms with van der Waals surface area (Å²) in [5.74, 6) is 0.615. The lowest BCUT2D eigenvalue weighted by atomic mass is 10.2. The second kappa shape index (κ2) is 7.14. The number of ether oxygens (including phenoxy) is 2. The van der Waals surface area contributed by atoms with Crippen LogP contribution in [0, 0.1) is 11.3 Å². The first-order valence-corrected chi connectivity index (χ1v) is 5.34. The highest BCUT2D eigenvalue weighted by Crippen LogP contribution is 2.27. The van der Waals surface area contributed by atoms with Gasteiger partial charge in [-0.1, -0.05) is 6.07 Å². The smallest absolute Gasteiger partial charge is 0.258 e. The summed E-state index contributed by atoms with van der Waals surface area (Å²) in [6.45, 7) is 0.162. The fourth-order valence-electron chi connectivity index (χ4n) is 1.29. The van der Waals surface area contributed by atoms with E-state index in [2.05, 4.69) is 5.32 Å². The van der Waals surface area contributed by atoms with Crippen molar-refractivity contribution in [2.75, 3.05) is 20.3 Å². The van der Waals surface area contributed by atoms with Crippen molar-refractivity contribution < 1.29 is 14.3 Å². The van der Waals surface area contributed by atoms with Crippen LogP contribution in [0.1, 0.15) is 5.56 Å². The normalized spacial score (nSPS) is 9.39. The Morgan fingerprint density at radius 2 is 2.28 bits per heavy atom. The van der Waals surface area contributed by atoms with Gasteiger partial charge < -0.3 is 20.5 Å². The molecule has 0 aliphatic heterocycles. The molecule has 1 aromatic rings. The molecule has 3 N–H and O–H groups in total. The molecule has 6 heteroatoms. The number of nitriles is 1. The van der Waals surface area contributed by atoms with E-state index >= 15 is 0 Å². The molecule has 0 heterocycles. The third-order valence-electron chi connectivity index (χ3n) is 2.19. The van der Waals surface area contributed by atoms with Crippen molar-refractivity contribution in [3.63, 3.8) is 0 Å². The molecule has 6 nitrogen and oxygen atoms in total. The number of rotatable bonds is 6. The molecule has 0 radical (unpaired) electrons. The molecule has 0 bridgehead atoms. The average molecular weight is 249 g/mol. The number of nitrogens with zero attached hydrogens (tertiary/aromatic N) is 1. The van der Waals surface area contributed by atoms with Crippen molar-refractivity contribution in [1.29, 1.82) is 5.26 Å². The van der Waals surface area contributed by atoms with Gasteiger partial charge >= 0.3 is 0 Å². The Labute approximate surface area is 105 Å². The second-order valence-electron chi connectivity index (χ2n) is 3.41. The maximum Gasteiger partial charge on any atom is 0.258 e. The van der Waals surface area contributed by atoms with E-state index in [4.69, 9.17) is 20.5 Å². The van der Waals surface area contributed by atoms with E-state index < -0.39 is 0 Å². The molecule has 0 saturated carbocycles. The molecule has 96 valence electrons. The lowest BCUT2D eigenvalue weighted by molar-refractivity contribution is -0.122. The van der Waals surface area contributed by atoms with Gasteiger partial charge in [0.25, 0.3) is 5.91 Å². The lowest BCUT2D eigenvalue weighted by Gasteiger charge is -2.11. The summed E-state index contributed by atoms with van der Waals surface area (Å²) < 4.78 is 10.4. The van der Waals surface area contributed by atoms with Crippen LogP contribution in [-0.2, 0) is 11.3 Å². The van der Waals surface area contributed by atoms with E-state index in [-0.39, 0.29) is 19.1 Å². The average Bonchev–Trinajstić information content (AvgIpc) is 2.42. The predicted molar refractivity (Wildman–Crippen MR) is 65.0 cm³/mol. The van der Waals surface area contributed by atoms with E-state index in [1.54, 1.807) is 12.1 Å². The minimum atomic E-state index is -0.364. The minimum Gasteiger partial charge on any atom is -0.493 e. The van der Waals surface area contributed by atoms with Crippen molar-refractivity contribution in [2.24, 2.45) is 5.73 Å². The van der Waals surface area contributed by atoms with E-state index in [0.717, 1.165) is 5.56 Å². The first-order valence-electron chi connectivity index (χ1n) is 5.34. The quantitative estimate of drug-likeness (QED) is 0.700. The number of nitrogens with two attached hydrogens (primary N) is 1. The summed E-state index contributed by atoms with van der Waals surface area (Å²) in [5.41, 5.74) is 6.40. The fraction of sp³-hybridized carbons (Fsp3) is 0.333. The first-order chi connectivity index (χ1) is 8.71. The molecule has 0 aliphatic carbocycles. The van der Waals surface area contributed by atoms with Crippen LogP contribution in [0.25, 0.3) is 0 Å². The summed E-state index contributed by atoms with van der Waals surface area (Å²) in [4.78, 5) is 11.3. The van der Waals surface area contributed by atoms with Crippen LogP contribution in [0.5, 0.6) is 11.5 Å². The molecule has 1 aromatic carbocycles. The standard InChI is InChI=1S/C12H15N3O3/c1-17-10-3-2-9(7-14)6-11(10)18-8-12(16)15-5-4-13/h2-3,6H,5,7-8,14H2,1H3,(H,15,16). The molecule has 1 rings (SSSR count). The number of carbonyl (C=O) groups is 1. The molecule has 0 saturated heterocycles. The van der Waals surface area contributed by atoms with E-state index in [1.165, 1.54) is 7.11 Å². The number of hydrogen-bond acceptors (Lipinski definition) is 5. The van der Waals surface area contributed by atoms with Crippen LogP contribution >= 0.6 is 0 Å². The van der Waals surface area contributed by atoms with Crippen LogP contribution in [0.15, 0.2) is 18.2 Å². The predicted octanol–water partition coefficient (Wildman–Crippen LogP) is 0.172. The SMILES string of the molecule is COc1ccc(CN)cc1OCC(=O)NCC#N. The lowest BCUT2D eigenvalue weighted by Crippen LogP contribution is -2.29. The van der Waals surface area contributed by atoms with Crippen molar-refractivity contribution in [3.8, 4) is 17.6 Å². The van der Waals surface area contributed by atoms with Crippen molar-refractivity contribution in [1.82, 2.24) is 5.32 Å². The third kappa shape index (κ3) is 3.96. The van der Waals surface area contributed by atoms with Gasteiger partial charge in [-0.05, 0) is 17.7 Å². The Balaban J connectivity index is 2.65. The number of amides is 1. The summed E-state index contributed by atoms with van der Waals surface area (Å²) >= 11 is 0. The van der Waals surface area contributed by atoms with Gasteiger partial charge in [-0.25, -0.2) is 0 Å². The number of nitrogens with one attached hydrogen (secondary N) is 1. The molecule has 1 amide bonds. The van der Waals surface area contributed by atoms with Crippen LogP contribution in [0.2, 0.25) is 0 Å². The number of methoxy groups -OCH3 is 1. The van der Waals surface area contributed by atoms with Crippen LogP contribution in [-0.4, -0.2) is 26.2 Å². The summed E-state index contributed by atoms with van der Waals surface area (Å²) in [7, 11) is 1.51. The largest absolute Gasteiger partial charge is 0.493 e. The van der Waals surface area contributed by atoms with Gasteiger partial charge in [-0.3, -0.25) is 4.79 Å². The zero-order valence-electron chi connectivity index (χ0n) is 10.1. The van der Waals surface area contributed by atoms with Gasteiger partial charge in [0.15, 0.2) is 18.1 Å². The maximum atomic E-state index is 11.3. The molecule has 18 heavy (non-hydrogen) atoms. The number of hydrogen-bond donors (Lipinski definition) is 2. The Bertz CT molecular complexity index is 454. The maximum absolute atomic E-state index is 11.3. The highest BCUT2D eigenvalue weighted by molar-refractivity contribution is 5.77. The second-order valence-corrected chi connectivity index (χ2v) is 3.41. The molecular formula is C12H15N3O3. The Hall–Kier alpha value is -2.26. The Morgan fingerprint density at radius 3 is 2.89 bits per heavy atom. The molecule has 0 fully saturated rings. The zero-order chi connectivity index (χ0) is 13.4. The van der Waals surface area contributed by atoms with Gasteiger partial charge in [-0.15, -0.1) is 0 Å². The molecule has 0 aromatic heterocycles. The number of benzene rings is 1. The van der Waals surface area contributed by atoms with Crippen molar-refractivity contribution in [2.45, 2.75) is 6.54 Å². The highest BCUT2D eigenvalue weighted by Gasteiger charge is 2.08. The molecule has 0 aliphatic rings. The van der Waals surface area contributed by atoms with Crippen LogP contribution in [0.3, 0.4) is 0 Å². The zero-order valence-corrected chi connectivity index (χ0v) is 10.1. The first kappa shape index (κ1) is 13.8. The summed E-state index contributed by atoms with van der Waals surface area (Å²) in [6, 6.07) is 7.08. The highest BCUT2D eigenvalue weighted by atomic mass is 16.5. The van der Waals surface area contributed by atoms with Gasteiger partial charge in [0, 0.05) is 6.54 Å². The van der Waals surface area contributed by atoms with Gasteiger partial charge in [0.1, 0.15) is 6.54 Å². The van der Waals surface area contributed by atoms with Crippen LogP contribution < -0.4 is 20.5 Å². The van der Waals surface area contributed by atoms with E-state index in [1.807, 2.05) is 12.1 Å². The Kier molecular flexibility index (Phi) is 5.48. The van der Waals surface area contributed by atoms with E-state index in [9.17, 15) is 4.79 Å². The van der Waals surface area contributed by atoms with Gasteiger partial charge in [-0.2, -0.15) is 5.26 Å². The van der Waals surface area contributed by atoms with Gasteiger partial charge in [0.05, 0.1) is 13.2 Å². The minimum absolute atomic E-state index is 0.0395. The topological polar surface area (TPSA) is 97.4 Å². The Morgan fingerprint density at radius 1 is 1.50 bits per heavy atom. The molecular weight excluding hydrogens is 234 g/mol. The third-order valence-corrected chi connectivity index (χ3v) is 2.19. The summed E-state index contributed by atoms with van der Waals surface area (Å²) in [6.07, 6.45) is 0. The molecule has 0 spiro atoms. The summed E-state index contributed by atoms with van der Waals surface area (Å²) in [5, 5.41) is 10.7. The fourth-order valence-corrected chi connectivity index (χ4v) is 1.29. The van der Waals surface area contributed by atoms with Gasteiger partial charge in [0.2, 0.25) is 0 Å². The van der Waals surface area contributed by atoms with Crippen LogP contribution in [0.4, 0.5) is 0 Å². The van der Waals surface area contributed by atoms with Crippen molar-refractivity contribution >= 4 is 5.91 Å². The monoisotopic (exact) mass is 249 g/mol. The molecule has 0 unspecified atom stereocenters. The number of carbonyl (C=O) groups excluding carboxylic acids is 1. The van der Waals surface area contributed by atoms with E-state index in [0.29, 0.717) is 18.0 Å². The van der Waals surface area contributed by atoms with Crippen molar-refractivity contribution in [3.05, 3.63) is 23.8 Å². The molecule has 0 atom stereocenters.